The summed E-state index contributed by atoms with van der Waals surface area (Å²) in [6.07, 6.45) is 5.73. The fourth-order valence-corrected chi connectivity index (χ4v) is 6.44. The summed E-state index contributed by atoms with van der Waals surface area (Å²) < 4.78 is 8.13. The zero-order valence-electron chi connectivity index (χ0n) is 24.2. The number of anilines is 1. The number of fused-ring (bicyclic) bond motifs is 2. The Kier molecular flexibility index (Phi) is 7.56. The quantitative estimate of drug-likeness (QED) is 0.400. The number of carbonyl (C=O) groups excluding carboxylic acids is 2. The first kappa shape index (κ1) is 27.7. The molecule has 11 nitrogen and oxygen atoms in total. The number of piperazine rings is 1. The molecule has 0 bridgehead atoms. The van der Waals surface area contributed by atoms with E-state index in [0.717, 1.165) is 41.5 Å². The van der Waals surface area contributed by atoms with E-state index in [1.807, 2.05) is 42.1 Å². The van der Waals surface area contributed by atoms with E-state index in [1.165, 1.54) is 6.08 Å². The molecule has 3 aliphatic heterocycles. The maximum Gasteiger partial charge on any atom is 0.320 e. The molecule has 1 unspecified atom stereocenters. The lowest BCUT2D eigenvalue weighted by atomic mass is 10.1. The van der Waals surface area contributed by atoms with Gasteiger partial charge in [0.05, 0.1) is 48.4 Å². The zero-order chi connectivity index (χ0) is 29.4. The van der Waals surface area contributed by atoms with Crippen molar-refractivity contribution in [3.8, 4) is 12.1 Å². The largest absolute Gasteiger partial charge is 0.447 e. The standard InChI is InChI=1S/C31H36N8O3/c1-4-27(40)39-16-15-36(17-23(39)10-12-32)29-25-18-38(30(41)24-9-5-8-22-11-14-35(3)28(22)24)19-26(25)33-31(34-29)42-20-37-13-6-7-21(37)2/h4-5,8-9,11,14,21,23H,1,6-7,10,13,15-20H2,2-3H3/t21?,23-/m0/s1. The van der Waals surface area contributed by atoms with E-state index in [1.54, 1.807) is 9.80 Å². The first-order valence-electron chi connectivity index (χ1n) is 14.5. The number of ether oxygens (including phenoxy) is 1. The van der Waals surface area contributed by atoms with Crippen molar-refractivity contribution in [2.75, 3.05) is 37.8 Å². The van der Waals surface area contributed by atoms with Gasteiger partial charge >= 0.3 is 6.01 Å². The Morgan fingerprint density at radius 3 is 2.81 bits per heavy atom. The molecule has 0 spiro atoms. The van der Waals surface area contributed by atoms with Crippen LogP contribution < -0.4 is 9.64 Å². The van der Waals surface area contributed by atoms with E-state index in [0.29, 0.717) is 56.9 Å². The van der Waals surface area contributed by atoms with Gasteiger partial charge in [-0.05, 0) is 38.0 Å². The summed E-state index contributed by atoms with van der Waals surface area (Å²) in [5.74, 6) is 0.451. The van der Waals surface area contributed by atoms with E-state index in [9.17, 15) is 14.9 Å². The fraction of sp³-hybridized carbons (Fsp3) is 0.452. The second kappa shape index (κ2) is 11.4. The summed E-state index contributed by atoms with van der Waals surface area (Å²) in [5.41, 5.74) is 3.19. The molecule has 1 aromatic carbocycles. The average molecular weight is 569 g/mol. The van der Waals surface area contributed by atoms with Crippen LogP contribution >= 0.6 is 0 Å². The van der Waals surface area contributed by atoms with Crippen LogP contribution in [0.2, 0.25) is 0 Å². The van der Waals surface area contributed by atoms with Gasteiger partial charge in [0.25, 0.3) is 5.91 Å². The number of para-hydroxylation sites is 1. The summed E-state index contributed by atoms with van der Waals surface area (Å²) in [6.45, 7) is 9.32. The number of amides is 2. The minimum absolute atomic E-state index is 0.0662. The van der Waals surface area contributed by atoms with Crippen LogP contribution in [0.25, 0.3) is 10.9 Å². The molecular formula is C31H36N8O3. The number of carbonyl (C=O) groups is 2. The van der Waals surface area contributed by atoms with Gasteiger partial charge in [-0.2, -0.15) is 15.2 Å². The molecule has 3 aromatic rings. The third kappa shape index (κ3) is 5.07. The van der Waals surface area contributed by atoms with Crippen molar-refractivity contribution in [2.45, 2.75) is 51.4 Å². The zero-order valence-corrected chi connectivity index (χ0v) is 24.2. The molecule has 0 saturated carbocycles. The maximum atomic E-state index is 13.9. The van der Waals surface area contributed by atoms with Gasteiger partial charge in [0.2, 0.25) is 5.91 Å². The first-order chi connectivity index (χ1) is 20.4. The number of nitrogens with zero attached hydrogens (tertiary/aromatic N) is 8. The Morgan fingerprint density at radius 2 is 2.05 bits per heavy atom. The van der Waals surface area contributed by atoms with Crippen LogP contribution in [0.1, 0.15) is 47.8 Å². The van der Waals surface area contributed by atoms with E-state index >= 15 is 0 Å². The minimum Gasteiger partial charge on any atom is -0.447 e. The van der Waals surface area contributed by atoms with Crippen molar-refractivity contribution < 1.29 is 14.3 Å². The predicted octanol–water partition coefficient (Wildman–Crippen LogP) is 3.06. The fourth-order valence-electron chi connectivity index (χ4n) is 6.44. The van der Waals surface area contributed by atoms with E-state index < -0.39 is 0 Å². The summed E-state index contributed by atoms with van der Waals surface area (Å²) in [6, 6.07) is 10.4. The molecule has 218 valence electrons. The van der Waals surface area contributed by atoms with Crippen molar-refractivity contribution in [3.63, 3.8) is 0 Å². The summed E-state index contributed by atoms with van der Waals surface area (Å²) >= 11 is 0. The molecule has 2 aromatic heterocycles. The summed E-state index contributed by atoms with van der Waals surface area (Å²) in [4.78, 5) is 44.0. The normalized spacial score (nSPS) is 20.5. The Bertz CT molecular complexity index is 1580. The third-order valence-corrected chi connectivity index (χ3v) is 8.77. The van der Waals surface area contributed by atoms with Gasteiger partial charge in [-0.25, -0.2) is 0 Å². The van der Waals surface area contributed by atoms with Crippen molar-refractivity contribution in [1.29, 1.82) is 5.26 Å². The highest BCUT2D eigenvalue weighted by molar-refractivity contribution is 6.06. The van der Waals surface area contributed by atoms with Gasteiger partial charge in [0.1, 0.15) is 12.5 Å². The van der Waals surface area contributed by atoms with Gasteiger partial charge in [-0.1, -0.05) is 18.7 Å². The lowest BCUT2D eigenvalue weighted by Gasteiger charge is -2.41. The lowest BCUT2D eigenvalue weighted by Crippen LogP contribution is -2.55. The highest BCUT2D eigenvalue weighted by Crippen LogP contribution is 2.34. The Labute approximate surface area is 245 Å². The van der Waals surface area contributed by atoms with Crippen LogP contribution in [0.5, 0.6) is 6.01 Å². The van der Waals surface area contributed by atoms with Crippen molar-refractivity contribution in [1.82, 2.24) is 29.2 Å². The van der Waals surface area contributed by atoms with Crippen molar-refractivity contribution in [3.05, 3.63) is 59.9 Å². The van der Waals surface area contributed by atoms with Crippen LogP contribution in [-0.2, 0) is 24.9 Å². The Balaban J connectivity index is 1.31. The first-order valence-corrected chi connectivity index (χ1v) is 14.5. The summed E-state index contributed by atoms with van der Waals surface area (Å²) in [5, 5.41) is 10.5. The molecule has 2 atom stereocenters. The molecule has 5 heterocycles. The summed E-state index contributed by atoms with van der Waals surface area (Å²) in [7, 11) is 1.95. The number of likely N-dealkylation sites (tertiary alicyclic amines) is 1. The maximum absolute atomic E-state index is 13.9. The van der Waals surface area contributed by atoms with Gasteiger partial charge in [-0.3, -0.25) is 14.5 Å². The number of rotatable bonds is 7. The van der Waals surface area contributed by atoms with E-state index in [4.69, 9.17) is 14.7 Å². The molecule has 6 rings (SSSR count). The van der Waals surface area contributed by atoms with Crippen LogP contribution in [0, 0.1) is 11.3 Å². The molecule has 2 amide bonds. The second-order valence-corrected chi connectivity index (χ2v) is 11.4. The van der Waals surface area contributed by atoms with Gasteiger partial charge in [0.15, 0.2) is 0 Å². The molecule has 2 saturated heterocycles. The van der Waals surface area contributed by atoms with E-state index in [-0.39, 0.29) is 30.3 Å². The number of nitriles is 1. The lowest BCUT2D eigenvalue weighted by molar-refractivity contribution is -0.128. The van der Waals surface area contributed by atoms with Gasteiger partial charge in [-0.15, -0.1) is 0 Å². The topological polar surface area (TPSA) is 111 Å². The monoisotopic (exact) mass is 568 g/mol. The van der Waals surface area contributed by atoms with Crippen LogP contribution in [0.15, 0.2) is 43.1 Å². The molecule has 2 fully saturated rings. The predicted molar refractivity (Wildman–Crippen MR) is 158 cm³/mol. The molecule has 0 radical (unpaired) electrons. The average Bonchev–Trinajstić information content (AvgIpc) is 3.73. The molecule has 0 aliphatic carbocycles. The highest BCUT2D eigenvalue weighted by atomic mass is 16.5. The number of benzene rings is 1. The molecule has 3 aliphatic rings. The molecule has 0 N–H and O–H groups in total. The van der Waals surface area contributed by atoms with Crippen molar-refractivity contribution in [2.24, 2.45) is 7.05 Å². The molecule has 42 heavy (non-hydrogen) atoms. The van der Waals surface area contributed by atoms with Gasteiger partial charge in [0, 0.05) is 56.4 Å². The second-order valence-electron chi connectivity index (χ2n) is 11.4. The van der Waals surface area contributed by atoms with Gasteiger partial charge < -0.3 is 24.0 Å². The molecule has 11 heteroatoms. The molecular weight excluding hydrogens is 532 g/mol. The van der Waals surface area contributed by atoms with Crippen LogP contribution in [0.4, 0.5) is 5.82 Å². The smallest absolute Gasteiger partial charge is 0.320 e. The highest BCUT2D eigenvalue weighted by Gasteiger charge is 2.36. The minimum atomic E-state index is -0.302. The number of hydrogen-bond donors (Lipinski definition) is 0. The van der Waals surface area contributed by atoms with E-state index in [2.05, 4.69) is 29.4 Å². The number of aromatic nitrogens is 3. The van der Waals surface area contributed by atoms with Crippen molar-refractivity contribution >= 4 is 28.5 Å². The third-order valence-electron chi connectivity index (χ3n) is 8.77. The SMILES string of the molecule is C=CC(=O)N1CCN(c2nc(OCN3CCCC3C)nc3c2CN(C(=O)c2cccc4ccn(C)c24)C3)C[C@@H]1CC#N. The van der Waals surface area contributed by atoms with Crippen LogP contribution in [0.3, 0.4) is 0 Å². The Morgan fingerprint density at radius 1 is 1.19 bits per heavy atom. The number of aryl methyl sites for hydroxylation is 1. The van der Waals surface area contributed by atoms with Crippen LogP contribution in [-0.4, -0.2) is 86.0 Å². The number of hydrogen-bond acceptors (Lipinski definition) is 8. The Hall–Kier alpha value is -4.43.